The van der Waals surface area contributed by atoms with Crippen LogP contribution in [0.3, 0.4) is 0 Å². The molecule has 1 aliphatic rings. The third-order valence-corrected chi connectivity index (χ3v) is 5.99. The fourth-order valence-corrected chi connectivity index (χ4v) is 4.39. The van der Waals surface area contributed by atoms with Crippen LogP contribution in [-0.4, -0.2) is 46.8 Å². The number of nitrogens with zero attached hydrogens (tertiary/aromatic N) is 3. The molecule has 1 N–H and O–H groups in total. The molecule has 1 amide bonds. The van der Waals surface area contributed by atoms with Crippen molar-refractivity contribution in [3.05, 3.63) is 51.1 Å². The molecular weight excluding hydrogens is 372 g/mol. The molecule has 0 radical (unpaired) electrons. The van der Waals surface area contributed by atoms with Crippen LogP contribution in [0.15, 0.2) is 28.0 Å². The summed E-state index contributed by atoms with van der Waals surface area (Å²) >= 11 is 1.36. The van der Waals surface area contributed by atoms with Crippen LogP contribution < -0.4 is 11.0 Å². The predicted octanol–water partition coefficient (Wildman–Crippen LogP) is 2.64. The number of hydrogen-bond acceptors (Lipinski definition) is 5. The van der Waals surface area contributed by atoms with Crippen molar-refractivity contribution >= 4 is 23.4 Å². The van der Waals surface area contributed by atoms with E-state index >= 15 is 0 Å². The average molecular weight is 401 g/mol. The SMILES string of the molecule is Cc1ccc(NC(=O)CSc2nc(=O)n(CCN(C)C)c3c2CCC3)c(C)c1. The molecule has 0 spiro atoms. The van der Waals surface area contributed by atoms with Gasteiger partial charge < -0.3 is 10.2 Å². The number of benzene rings is 1. The van der Waals surface area contributed by atoms with Crippen LogP contribution in [0, 0.1) is 13.8 Å². The van der Waals surface area contributed by atoms with Gasteiger partial charge in [-0.15, -0.1) is 0 Å². The molecule has 150 valence electrons. The number of nitrogens with one attached hydrogen (secondary N) is 1. The summed E-state index contributed by atoms with van der Waals surface area (Å²) in [7, 11) is 3.99. The Balaban J connectivity index is 1.71. The second kappa shape index (κ2) is 8.92. The van der Waals surface area contributed by atoms with Gasteiger partial charge in [0.2, 0.25) is 5.91 Å². The molecule has 1 heterocycles. The van der Waals surface area contributed by atoms with Gasteiger partial charge in [-0.3, -0.25) is 9.36 Å². The number of amides is 1. The molecule has 0 saturated heterocycles. The van der Waals surface area contributed by atoms with Crippen LogP contribution in [0.4, 0.5) is 5.69 Å². The average Bonchev–Trinajstić information content (AvgIpc) is 3.11. The third-order valence-electron chi connectivity index (χ3n) is 4.97. The van der Waals surface area contributed by atoms with Gasteiger partial charge >= 0.3 is 5.69 Å². The zero-order valence-corrected chi connectivity index (χ0v) is 17.9. The van der Waals surface area contributed by atoms with Crippen molar-refractivity contribution in [1.29, 1.82) is 0 Å². The van der Waals surface area contributed by atoms with Crippen molar-refractivity contribution < 1.29 is 4.79 Å². The number of hydrogen-bond donors (Lipinski definition) is 1. The quantitative estimate of drug-likeness (QED) is 0.572. The van der Waals surface area contributed by atoms with E-state index in [4.69, 9.17) is 0 Å². The Kier molecular flexibility index (Phi) is 6.57. The van der Waals surface area contributed by atoms with Crippen LogP contribution >= 0.6 is 11.8 Å². The Morgan fingerprint density at radius 2 is 2.07 bits per heavy atom. The molecule has 1 aromatic carbocycles. The van der Waals surface area contributed by atoms with E-state index in [-0.39, 0.29) is 17.3 Å². The van der Waals surface area contributed by atoms with Crippen molar-refractivity contribution in [2.75, 3.05) is 31.7 Å². The first-order valence-electron chi connectivity index (χ1n) is 9.62. The fourth-order valence-electron chi connectivity index (χ4n) is 3.51. The zero-order valence-electron chi connectivity index (χ0n) is 17.0. The molecule has 7 heteroatoms. The van der Waals surface area contributed by atoms with Crippen molar-refractivity contribution in [1.82, 2.24) is 14.5 Å². The predicted molar refractivity (Wildman–Crippen MR) is 114 cm³/mol. The zero-order chi connectivity index (χ0) is 20.3. The Labute approximate surface area is 170 Å². The molecule has 0 saturated carbocycles. The number of aromatic nitrogens is 2. The Hall–Kier alpha value is -2.12. The highest BCUT2D eigenvalue weighted by Gasteiger charge is 2.22. The minimum Gasteiger partial charge on any atom is -0.325 e. The molecule has 2 aromatic rings. The van der Waals surface area contributed by atoms with E-state index in [1.54, 1.807) is 0 Å². The lowest BCUT2D eigenvalue weighted by atomic mass is 10.1. The van der Waals surface area contributed by atoms with Crippen molar-refractivity contribution in [3.63, 3.8) is 0 Å². The lowest BCUT2D eigenvalue weighted by Gasteiger charge is -2.16. The highest BCUT2D eigenvalue weighted by Crippen LogP contribution is 2.29. The number of thioether (sulfide) groups is 1. The fraction of sp³-hybridized carbons (Fsp3) is 0.476. The third kappa shape index (κ3) is 4.83. The van der Waals surface area contributed by atoms with E-state index in [1.165, 1.54) is 17.3 Å². The van der Waals surface area contributed by atoms with E-state index in [0.29, 0.717) is 6.54 Å². The van der Waals surface area contributed by atoms with Crippen LogP contribution in [-0.2, 0) is 24.2 Å². The molecule has 0 aliphatic heterocycles. The van der Waals surface area contributed by atoms with Gasteiger partial charge in [0.15, 0.2) is 0 Å². The molecule has 0 unspecified atom stereocenters. The summed E-state index contributed by atoms with van der Waals surface area (Å²) in [4.78, 5) is 31.3. The summed E-state index contributed by atoms with van der Waals surface area (Å²) in [6.45, 7) is 5.47. The monoisotopic (exact) mass is 400 g/mol. The van der Waals surface area contributed by atoms with Crippen LogP contribution in [0.1, 0.15) is 28.8 Å². The lowest BCUT2D eigenvalue weighted by Crippen LogP contribution is -2.31. The summed E-state index contributed by atoms with van der Waals surface area (Å²) in [6, 6.07) is 5.96. The molecule has 1 aliphatic carbocycles. The number of rotatable bonds is 7. The maximum atomic E-state index is 12.5. The largest absolute Gasteiger partial charge is 0.348 e. The molecule has 1 aromatic heterocycles. The number of anilines is 1. The first kappa shape index (κ1) is 20.6. The van der Waals surface area contributed by atoms with E-state index in [9.17, 15) is 9.59 Å². The molecule has 0 fully saturated rings. The maximum absolute atomic E-state index is 12.5. The number of carbonyl (C=O) groups excluding carboxylic acids is 1. The molecule has 0 bridgehead atoms. The summed E-state index contributed by atoms with van der Waals surface area (Å²) in [5.74, 6) is 0.163. The molecule has 6 nitrogen and oxygen atoms in total. The Bertz CT molecular complexity index is 937. The van der Waals surface area contributed by atoms with Gasteiger partial charge in [0.25, 0.3) is 0 Å². The summed E-state index contributed by atoms with van der Waals surface area (Å²) in [6.07, 6.45) is 2.86. The van der Waals surface area contributed by atoms with Crippen molar-refractivity contribution in [2.45, 2.75) is 44.7 Å². The highest BCUT2D eigenvalue weighted by atomic mass is 32.2. The molecule has 28 heavy (non-hydrogen) atoms. The van der Waals surface area contributed by atoms with Crippen LogP contribution in [0.25, 0.3) is 0 Å². The molecular formula is C21H28N4O2S. The standard InChI is InChI=1S/C21H28N4O2S/c1-14-8-9-17(15(2)12-14)22-19(26)13-28-20-16-6-5-7-18(16)25(21(27)23-20)11-10-24(3)4/h8-9,12H,5-7,10-11,13H2,1-4H3,(H,22,26). The first-order valence-corrected chi connectivity index (χ1v) is 10.6. The van der Waals surface area contributed by atoms with Crippen molar-refractivity contribution in [3.8, 4) is 0 Å². The topological polar surface area (TPSA) is 67.2 Å². The number of aryl methyl sites for hydroxylation is 2. The lowest BCUT2D eigenvalue weighted by molar-refractivity contribution is -0.113. The highest BCUT2D eigenvalue weighted by molar-refractivity contribution is 8.00. The van der Waals surface area contributed by atoms with Gasteiger partial charge in [-0.25, -0.2) is 4.79 Å². The van der Waals surface area contributed by atoms with Crippen molar-refractivity contribution in [2.24, 2.45) is 0 Å². The van der Waals surface area contributed by atoms with Gasteiger partial charge in [-0.1, -0.05) is 29.5 Å². The first-order chi connectivity index (χ1) is 13.3. The number of carbonyl (C=O) groups is 1. The maximum Gasteiger partial charge on any atom is 0.348 e. The summed E-state index contributed by atoms with van der Waals surface area (Å²) in [5.41, 5.74) is 5.07. The minimum absolute atomic E-state index is 0.0812. The number of fused-ring (bicyclic) bond motifs is 1. The molecule has 3 rings (SSSR count). The van der Waals surface area contributed by atoms with Crippen LogP contribution in [0.5, 0.6) is 0 Å². The summed E-state index contributed by atoms with van der Waals surface area (Å²) < 4.78 is 1.81. The second-order valence-corrected chi connectivity index (χ2v) is 8.55. The molecule has 0 atom stereocenters. The van der Waals surface area contributed by atoms with Crippen LogP contribution in [0.2, 0.25) is 0 Å². The second-order valence-electron chi connectivity index (χ2n) is 7.59. The minimum atomic E-state index is -0.209. The van der Waals surface area contributed by atoms with Gasteiger partial charge in [0, 0.05) is 30.0 Å². The van der Waals surface area contributed by atoms with Gasteiger partial charge in [0.1, 0.15) is 5.03 Å². The van der Waals surface area contributed by atoms with E-state index < -0.39 is 0 Å². The van der Waals surface area contributed by atoms with Gasteiger partial charge in [-0.2, -0.15) is 4.98 Å². The van der Waals surface area contributed by atoms with Gasteiger partial charge in [-0.05, 0) is 58.8 Å². The summed E-state index contributed by atoms with van der Waals surface area (Å²) in [5, 5.41) is 3.67. The van der Waals surface area contributed by atoms with Gasteiger partial charge in [0.05, 0.1) is 5.75 Å². The Morgan fingerprint density at radius 1 is 1.29 bits per heavy atom. The smallest absolute Gasteiger partial charge is 0.325 e. The van der Waals surface area contributed by atoms with E-state index in [1.807, 2.05) is 50.7 Å². The van der Waals surface area contributed by atoms with E-state index in [2.05, 4.69) is 15.2 Å². The van der Waals surface area contributed by atoms with E-state index in [0.717, 1.165) is 53.3 Å². The normalized spacial score (nSPS) is 13.0. The number of likely N-dealkylation sites (N-methyl/N-ethyl adjacent to an activating group) is 1. The Morgan fingerprint density at radius 3 is 2.79 bits per heavy atom.